The minimum absolute atomic E-state index is 0.0694. The number of carbonyl (C=O) groups excluding carboxylic acids is 2. The summed E-state index contributed by atoms with van der Waals surface area (Å²) in [7, 11) is 0. The molecule has 0 aliphatic carbocycles. The number of carboxylic acid groups (broad SMARTS) is 1. The summed E-state index contributed by atoms with van der Waals surface area (Å²) in [5.74, 6) is -1.32. The zero-order chi connectivity index (χ0) is 20.7. The van der Waals surface area contributed by atoms with Crippen LogP contribution in [0, 0.1) is 11.8 Å². The van der Waals surface area contributed by atoms with E-state index in [-0.39, 0.29) is 24.2 Å². The van der Waals surface area contributed by atoms with Crippen LogP contribution in [0.2, 0.25) is 0 Å². The zero-order valence-electron chi connectivity index (χ0n) is 16.6. The third-order valence-electron chi connectivity index (χ3n) is 5.12. The molecular formula is C21H31N3O4. The average Bonchev–Trinajstić information content (AvgIpc) is 2.67. The number of nitrogens with one attached hydrogen (secondary N) is 1. The van der Waals surface area contributed by atoms with E-state index in [1.807, 2.05) is 44.2 Å². The predicted molar refractivity (Wildman–Crippen MR) is 106 cm³/mol. The van der Waals surface area contributed by atoms with Crippen LogP contribution < -0.4 is 11.1 Å². The lowest BCUT2D eigenvalue weighted by atomic mass is 9.94. The smallest absolute Gasteiger partial charge is 0.326 e. The Morgan fingerprint density at radius 1 is 1.18 bits per heavy atom. The zero-order valence-corrected chi connectivity index (χ0v) is 16.6. The Labute approximate surface area is 166 Å². The van der Waals surface area contributed by atoms with E-state index >= 15 is 0 Å². The molecule has 154 valence electrons. The summed E-state index contributed by atoms with van der Waals surface area (Å²) >= 11 is 0. The van der Waals surface area contributed by atoms with Crippen molar-refractivity contribution in [1.82, 2.24) is 10.2 Å². The van der Waals surface area contributed by atoms with Crippen LogP contribution in [0.3, 0.4) is 0 Å². The highest BCUT2D eigenvalue weighted by molar-refractivity contribution is 5.86. The quantitative estimate of drug-likeness (QED) is 0.622. The lowest BCUT2D eigenvalue weighted by molar-refractivity contribution is -0.143. The number of carbonyl (C=O) groups is 3. The van der Waals surface area contributed by atoms with Crippen molar-refractivity contribution in [2.24, 2.45) is 17.6 Å². The highest BCUT2D eigenvalue weighted by atomic mass is 16.4. The maximum atomic E-state index is 12.6. The number of hydrogen-bond acceptors (Lipinski definition) is 4. The molecule has 7 nitrogen and oxygen atoms in total. The Balaban J connectivity index is 1.86. The molecule has 1 fully saturated rings. The fourth-order valence-corrected chi connectivity index (χ4v) is 3.54. The minimum Gasteiger partial charge on any atom is -0.480 e. The van der Waals surface area contributed by atoms with Gasteiger partial charge in [-0.05, 0) is 30.7 Å². The molecule has 1 aromatic rings. The maximum Gasteiger partial charge on any atom is 0.326 e. The highest BCUT2D eigenvalue weighted by Crippen LogP contribution is 2.19. The fourth-order valence-electron chi connectivity index (χ4n) is 3.54. The van der Waals surface area contributed by atoms with Gasteiger partial charge in [0.05, 0.1) is 6.04 Å². The first-order valence-corrected chi connectivity index (χ1v) is 9.89. The molecule has 0 bridgehead atoms. The van der Waals surface area contributed by atoms with Gasteiger partial charge in [0, 0.05) is 25.4 Å². The van der Waals surface area contributed by atoms with Crippen molar-refractivity contribution in [3.05, 3.63) is 35.9 Å². The van der Waals surface area contributed by atoms with Crippen molar-refractivity contribution in [2.75, 3.05) is 13.1 Å². The molecule has 0 spiro atoms. The van der Waals surface area contributed by atoms with Crippen LogP contribution in [-0.2, 0) is 20.8 Å². The van der Waals surface area contributed by atoms with Crippen LogP contribution in [0.4, 0.5) is 0 Å². The molecule has 2 unspecified atom stereocenters. The molecule has 1 saturated heterocycles. The summed E-state index contributed by atoms with van der Waals surface area (Å²) in [6, 6.07) is 7.75. The number of piperidine rings is 1. The summed E-state index contributed by atoms with van der Waals surface area (Å²) in [5.41, 5.74) is 6.84. The van der Waals surface area contributed by atoms with Crippen molar-refractivity contribution in [2.45, 2.75) is 51.6 Å². The molecule has 7 heteroatoms. The van der Waals surface area contributed by atoms with Gasteiger partial charge in [-0.15, -0.1) is 0 Å². The van der Waals surface area contributed by atoms with Gasteiger partial charge in [-0.25, -0.2) is 4.79 Å². The first-order valence-electron chi connectivity index (χ1n) is 9.89. The molecule has 0 aromatic heterocycles. The third-order valence-corrected chi connectivity index (χ3v) is 5.12. The van der Waals surface area contributed by atoms with E-state index in [2.05, 4.69) is 5.32 Å². The molecule has 1 aliphatic heterocycles. The van der Waals surface area contributed by atoms with Crippen molar-refractivity contribution < 1.29 is 19.5 Å². The van der Waals surface area contributed by atoms with Crippen molar-refractivity contribution in [3.8, 4) is 0 Å². The molecule has 2 rings (SSSR count). The van der Waals surface area contributed by atoms with E-state index in [1.54, 1.807) is 4.90 Å². The maximum absolute atomic E-state index is 12.6. The fraction of sp³-hybridized carbons (Fsp3) is 0.571. The number of nitrogens with zero attached hydrogens (tertiary/aromatic N) is 1. The predicted octanol–water partition coefficient (Wildman–Crippen LogP) is 1.41. The number of likely N-dealkylation sites (tertiary alicyclic amines) is 1. The van der Waals surface area contributed by atoms with Gasteiger partial charge in [0.15, 0.2) is 0 Å². The Morgan fingerprint density at radius 2 is 1.79 bits per heavy atom. The Morgan fingerprint density at radius 3 is 2.32 bits per heavy atom. The summed E-state index contributed by atoms with van der Waals surface area (Å²) < 4.78 is 0. The molecule has 0 radical (unpaired) electrons. The first kappa shape index (κ1) is 21.9. The van der Waals surface area contributed by atoms with Crippen molar-refractivity contribution >= 4 is 17.8 Å². The summed E-state index contributed by atoms with van der Waals surface area (Å²) in [6.45, 7) is 4.99. The topological polar surface area (TPSA) is 113 Å². The van der Waals surface area contributed by atoms with Crippen LogP contribution in [0.15, 0.2) is 30.3 Å². The molecule has 28 heavy (non-hydrogen) atoms. The van der Waals surface area contributed by atoms with Gasteiger partial charge in [0.2, 0.25) is 11.8 Å². The Hall–Kier alpha value is -2.41. The van der Waals surface area contributed by atoms with Crippen LogP contribution in [0.25, 0.3) is 0 Å². The Kier molecular flexibility index (Phi) is 7.99. The van der Waals surface area contributed by atoms with Crippen LogP contribution in [0.1, 0.15) is 38.7 Å². The lowest BCUT2D eigenvalue weighted by Crippen LogP contribution is -2.51. The molecule has 1 aromatic carbocycles. The number of aliphatic carboxylic acids is 1. The van der Waals surface area contributed by atoms with Gasteiger partial charge >= 0.3 is 5.97 Å². The van der Waals surface area contributed by atoms with Crippen LogP contribution >= 0.6 is 0 Å². The van der Waals surface area contributed by atoms with E-state index in [0.717, 1.165) is 5.56 Å². The molecule has 1 heterocycles. The second-order valence-corrected chi connectivity index (χ2v) is 7.92. The summed E-state index contributed by atoms with van der Waals surface area (Å²) in [5, 5.41) is 12.1. The Bertz CT molecular complexity index is 669. The van der Waals surface area contributed by atoms with E-state index in [1.165, 1.54) is 0 Å². The normalized spacial score (nSPS) is 17.2. The number of rotatable bonds is 8. The van der Waals surface area contributed by atoms with E-state index in [4.69, 9.17) is 5.73 Å². The first-order chi connectivity index (χ1) is 13.3. The van der Waals surface area contributed by atoms with E-state index in [0.29, 0.717) is 38.3 Å². The number of carboxylic acids is 1. The highest BCUT2D eigenvalue weighted by Gasteiger charge is 2.31. The average molecular weight is 389 g/mol. The van der Waals surface area contributed by atoms with Gasteiger partial charge in [0.25, 0.3) is 0 Å². The van der Waals surface area contributed by atoms with Gasteiger partial charge < -0.3 is 21.1 Å². The molecular weight excluding hydrogens is 358 g/mol. The largest absolute Gasteiger partial charge is 0.480 e. The third kappa shape index (κ3) is 6.34. The van der Waals surface area contributed by atoms with Crippen LogP contribution in [0.5, 0.6) is 0 Å². The second kappa shape index (κ2) is 10.2. The summed E-state index contributed by atoms with van der Waals surface area (Å²) in [6.07, 6.45) is 1.91. The number of hydrogen-bond donors (Lipinski definition) is 3. The standard InChI is InChI=1S/C21H31N3O4/c1-14(2)12-17(22)20(26)24-10-8-16(9-11-24)19(25)23-18(21(27)28)13-15-6-4-3-5-7-15/h3-7,14,16-18H,8-13,22H2,1-2H3,(H,23,25)(H,27,28). The molecule has 4 N–H and O–H groups in total. The van der Waals surface area contributed by atoms with Crippen molar-refractivity contribution in [3.63, 3.8) is 0 Å². The van der Waals surface area contributed by atoms with E-state index < -0.39 is 18.1 Å². The van der Waals surface area contributed by atoms with Gasteiger partial charge in [-0.1, -0.05) is 44.2 Å². The molecule has 1 aliphatic rings. The number of amides is 2. The lowest BCUT2D eigenvalue weighted by Gasteiger charge is -2.33. The molecule has 2 amide bonds. The minimum atomic E-state index is -1.05. The van der Waals surface area contributed by atoms with Crippen molar-refractivity contribution in [1.29, 1.82) is 0 Å². The second-order valence-electron chi connectivity index (χ2n) is 7.92. The van der Waals surface area contributed by atoms with E-state index in [9.17, 15) is 19.5 Å². The number of benzene rings is 1. The monoisotopic (exact) mass is 389 g/mol. The van der Waals surface area contributed by atoms with Crippen LogP contribution in [-0.4, -0.2) is 53.0 Å². The number of nitrogens with two attached hydrogens (primary N) is 1. The van der Waals surface area contributed by atoms with Gasteiger partial charge in [-0.2, -0.15) is 0 Å². The molecule has 2 atom stereocenters. The molecule has 0 saturated carbocycles. The SMILES string of the molecule is CC(C)CC(N)C(=O)N1CCC(C(=O)NC(Cc2ccccc2)C(=O)O)CC1. The van der Waals surface area contributed by atoms with Gasteiger partial charge in [-0.3, -0.25) is 9.59 Å². The van der Waals surface area contributed by atoms with Gasteiger partial charge in [0.1, 0.15) is 6.04 Å². The summed E-state index contributed by atoms with van der Waals surface area (Å²) in [4.78, 5) is 38.2.